The van der Waals surface area contributed by atoms with Crippen LogP contribution in [0.25, 0.3) is 12.2 Å². The van der Waals surface area contributed by atoms with E-state index in [-0.39, 0.29) is 24.8 Å². The smallest absolute Gasteiger partial charge is 0.147 e. The quantitative estimate of drug-likeness (QED) is 0.439. The number of allylic oxidation sites excluding steroid dienone is 2. The summed E-state index contributed by atoms with van der Waals surface area (Å²) in [6.45, 7) is 4.74. The number of hydrogen-bond donors (Lipinski definition) is 0. The number of benzene rings is 2. The Morgan fingerprint density at radius 3 is 2.12 bits per heavy atom. The van der Waals surface area contributed by atoms with Crippen LogP contribution in [0.5, 0.6) is 0 Å². The van der Waals surface area contributed by atoms with E-state index in [0.29, 0.717) is 7.25 Å². The average molecular weight is 483 g/mol. The third-order valence-corrected chi connectivity index (χ3v) is 23.8. The summed E-state index contributed by atoms with van der Waals surface area (Å²) < 4.78 is 6.69. The van der Waals surface area contributed by atoms with Gasteiger partial charge in [0.25, 0.3) is 0 Å². The van der Waals surface area contributed by atoms with Gasteiger partial charge >= 0.3 is 149 Å². The van der Waals surface area contributed by atoms with Gasteiger partial charge in [0.2, 0.25) is 0 Å². The molecule has 0 saturated carbocycles. The van der Waals surface area contributed by atoms with Crippen molar-refractivity contribution < 1.29 is 17.4 Å². The van der Waals surface area contributed by atoms with Gasteiger partial charge in [-0.15, -0.1) is 24.8 Å². The first-order valence-corrected chi connectivity index (χ1v) is 22.7. The fraction of sp³-hybridized carbons (Fsp3) is 0.273. The Labute approximate surface area is 172 Å². The zero-order chi connectivity index (χ0) is 17.0. The van der Waals surface area contributed by atoms with Crippen molar-refractivity contribution in [3.8, 4) is 0 Å². The Morgan fingerprint density at radius 1 is 0.885 bits per heavy atom. The third kappa shape index (κ3) is 3.28. The predicted molar refractivity (Wildman–Crippen MR) is 120 cm³/mol. The largest absolute Gasteiger partial charge is 0.147 e. The maximum atomic E-state index is 2.69. The van der Waals surface area contributed by atoms with Crippen molar-refractivity contribution in [2.24, 2.45) is 0 Å². The van der Waals surface area contributed by atoms with Gasteiger partial charge in [-0.3, -0.25) is 0 Å². The number of fused-ring (bicyclic) bond motifs is 2. The minimum Gasteiger partial charge on any atom is -0.147 e. The van der Waals surface area contributed by atoms with Gasteiger partial charge < -0.3 is 0 Å². The van der Waals surface area contributed by atoms with Crippen LogP contribution in [0.2, 0.25) is 9.26 Å². The zero-order valence-electron chi connectivity index (χ0n) is 15.7. The molecule has 0 aromatic heterocycles. The molecule has 0 radical (unpaired) electrons. The van der Waals surface area contributed by atoms with Crippen molar-refractivity contribution in [2.45, 2.75) is 29.9 Å². The summed E-state index contributed by atoms with van der Waals surface area (Å²) in [5.74, 6) is 0. The molecule has 0 amide bonds. The van der Waals surface area contributed by atoms with Crippen LogP contribution in [-0.4, -0.2) is 6.88 Å². The molecule has 2 aromatic carbocycles. The van der Waals surface area contributed by atoms with Crippen LogP contribution in [0, 0.1) is 0 Å². The monoisotopic (exact) mass is 480 g/mol. The molecule has 4 rings (SSSR count). The second-order valence-corrected chi connectivity index (χ2v) is 39.1. The van der Waals surface area contributed by atoms with E-state index in [9.17, 15) is 0 Å². The van der Waals surface area contributed by atoms with Crippen LogP contribution >= 0.6 is 24.8 Å². The van der Waals surface area contributed by atoms with Crippen LogP contribution in [0.3, 0.4) is 0 Å². The first kappa shape index (κ1) is 21.9. The molecule has 2 aliphatic rings. The average Bonchev–Trinajstić information content (AvgIpc) is 3.16. The first-order valence-electron chi connectivity index (χ1n) is 9.04. The molecule has 0 nitrogen and oxygen atoms in total. The maximum Gasteiger partial charge on any atom is -0.147 e. The number of hydrogen-bond acceptors (Lipinski definition) is 0. The summed E-state index contributed by atoms with van der Waals surface area (Å²) in [5.41, 5.74) is 7.73. The molecule has 0 saturated heterocycles. The molecular formula is C22H28Cl2SiZr. The van der Waals surface area contributed by atoms with Gasteiger partial charge in [-0.05, 0) is 0 Å². The van der Waals surface area contributed by atoms with Crippen molar-refractivity contribution in [3.63, 3.8) is 0 Å². The predicted octanol–water partition coefficient (Wildman–Crippen LogP) is 6.48. The van der Waals surface area contributed by atoms with Crippen LogP contribution in [0.4, 0.5) is 0 Å². The summed E-state index contributed by atoms with van der Waals surface area (Å²) in [5, 5.41) is 0. The summed E-state index contributed by atoms with van der Waals surface area (Å²) in [7, 11) is 0. The molecule has 4 heteroatoms. The van der Waals surface area contributed by atoms with E-state index in [1.165, 1.54) is 17.5 Å². The number of halogens is 2. The van der Waals surface area contributed by atoms with Crippen LogP contribution in [0.1, 0.15) is 42.8 Å². The molecular weight excluding hydrogens is 454 g/mol. The Kier molecular flexibility index (Phi) is 6.36. The summed E-state index contributed by atoms with van der Waals surface area (Å²) in [6.07, 6.45) is 8.54. The molecule has 138 valence electrons. The van der Waals surface area contributed by atoms with Crippen LogP contribution in [0.15, 0.2) is 60.2 Å². The van der Waals surface area contributed by atoms with Crippen LogP contribution < -0.4 is 0 Å². The van der Waals surface area contributed by atoms with Crippen molar-refractivity contribution in [3.05, 3.63) is 82.4 Å². The molecule has 0 N–H and O–H groups in total. The first-order chi connectivity index (χ1) is 11.4. The van der Waals surface area contributed by atoms with E-state index in [2.05, 4.69) is 89.8 Å². The van der Waals surface area contributed by atoms with Crippen molar-refractivity contribution in [2.75, 3.05) is 0 Å². The van der Waals surface area contributed by atoms with Crippen molar-refractivity contribution in [1.82, 2.24) is 0 Å². The Hall–Kier alpha value is -0.400. The van der Waals surface area contributed by atoms with E-state index < -0.39 is 17.4 Å². The van der Waals surface area contributed by atoms with E-state index in [1.807, 2.05) is 0 Å². The molecule has 0 bridgehead atoms. The van der Waals surface area contributed by atoms with E-state index in [4.69, 9.17) is 0 Å². The SMILES string of the molecule is CCC1=Cc2ccccc2[CH]1[Zr]([CH3])([CH3])(=[SiH2])[CH]1C=Cc2ccccc21.Cl.Cl. The summed E-state index contributed by atoms with van der Waals surface area (Å²) in [6, 6.07) is 18.1. The van der Waals surface area contributed by atoms with Crippen LogP contribution in [-0.2, 0) is 17.4 Å². The van der Waals surface area contributed by atoms with E-state index in [1.54, 1.807) is 16.7 Å². The molecule has 0 fully saturated rings. The molecule has 0 spiro atoms. The zero-order valence-corrected chi connectivity index (χ0v) is 21.2. The molecule has 26 heavy (non-hydrogen) atoms. The topological polar surface area (TPSA) is 0 Å². The Balaban J connectivity index is 0.00000121. The summed E-state index contributed by atoms with van der Waals surface area (Å²) in [4.78, 5) is 0. The Bertz CT molecular complexity index is 952. The Morgan fingerprint density at radius 2 is 1.46 bits per heavy atom. The van der Waals surface area contributed by atoms with Gasteiger partial charge in [0.05, 0.1) is 0 Å². The maximum absolute atomic E-state index is 3.12. The van der Waals surface area contributed by atoms with Gasteiger partial charge in [0, 0.05) is 0 Å². The fourth-order valence-electron chi connectivity index (χ4n) is 5.07. The fourth-order valence-corrected chi connectivity index (χ4v) is 22.7. The molecule has 2 atom stereocenters. The minimum atomic E-state index is -3.12. The standard InChI is InChI=1S/C11H11.C9H7.2CH3.2ClH.H2Si.Zr/c1-2-9-7-10-5-3-4-6-11(10)8-9;1-2-5-9-7-3-6-8(9)4-1;;;;;;/h3-8H,2H2,1H3;1-7H;2*1H3;2*1H;1H2;. The van der Waals surface area contributed by atoms with E-state index >= 15 is 0 Å². The molecule has 0 heterocycles. The van der Waals surface area contributed by atoms with Gasteiger partial charge in [0.1, 0.15) is 0 Å². The normalized spacial score (nSPS) is 20.5. The van der Waals surface area contributed by atoms with Gasteiger partial charge in [-0.2, -0.15) is 0 Å². The van der Waals surface area contributed by atoms with Crippen molar-refractivity contribution in [1.29, 1.82) is 0 Å². The number of rotatable bonds is 3. The second-order valence-electron chi connectivity index (χ2n) is 8.54. The van der Waals surface area contributed by atoms with Gasteiger partial charge in [0.15, 0.2) is 0 Å². The second kappa shape index (κ2) is 7.55. The van der Waals surface area contributed by atoms with E-state index in [0.717, 1.165) is 0 Å². The molecule has 2 aliphatic carbocycles. The minimum absolute atomic E-state index is 0. The molecule has 2 unspecified atom stereocenters. The molecule has 0 aliphatic heterocycles. The molecule has 2 aromatic rings. The summed E-state index contributed by atoms with van der Waals surface area (Å²) >= 11 is -3.12. The van der Waals surface area contributed by atoms with Crippen molar-refractivity contribution >= 4 is 43.8 Å². The van der Waals surface area contributed by atoms with Gasteiger partial charge in [-0.25, -0.2) is 0 Å². The van der Waals surface area contributed by atoms with Gasteiger partial charge in [-0.1, -0.05) is 0 Å². The third-order valence-electron chi connectivity index (χ3n) is 6.20.